The molecule has 0 unspecified atom stereocenters. The monoisotopic (exact) mass is 1390 g/mol. The molecular weight excluding hydrogens is 1330 g/mol. The van der Waals surface area contributed by atoms with Gasteiger partial charge >= 0.3 is 0 Å². The van der Waals surface area contributed by atoms with Crippen molar-refractivity contribution >= 4 is 101 Å². The molecule has 368 valence electrons. The van der Waals surface area contributed by atoms with Crippen LogP contribution in [0.25, 0.3) is 0 Å². The molecule has 2 aliphatic heterocycles. The summed E-state index contributed by atoms with van der Waals surface area (Å²) in [5, 5.41) is 98.0. The number of hydroxylamine groups is 2. The molecule has 2 heterocycles. The van der Waals surface area contributed by atoms with Crippen LogP contribution in [-0.4, -0.2) is 203 Å². The van der Waals surface area contributed by atoms with E-state index in [9.17, 15) is 20.6 Å². The van der Waals surface area contributed by atoms with E-state index >= 15 is 0 Å². The summed E-state index contributed by atoms with van der Waals surface area (Å²) in [7, 11) is 2.96. The molecular formula is C36H66Br6IN5O14. The highest BCUT2D eigenvalue weighted by Gasteiger charge is 2.33. The Morgan fingerprint density at radius 1 is 0.694 bits per heavy atom. The summed E-state index contributed by atoms with van der Waals surface area (Å²) >= 11 is 19.4. The van der Waals surface area contributed by atoms with Gasteiger partial charge in [0.05, 0.1) is 77.6 Å². The van der Waals surface area contributed by atoms with Gasteiger partial charge in [-0.15, -0.1) is 26.3 Å². The molecule has 2 saturated heterocycles. The number of nitrogens with zero attached hydrogens (tertiary/aromatic N) is 4. The summed E-state index contributed by atoms with van der Waals surface area (Å²) in [6, 6.07) is 3.56. The van der Waals surface area contributed by atoms with Crippen molar-refractivity contribution in [3.63, 3.8) is 0 Å². The minimum absolute atomic E-state index is 0. The molecule has 19 nitrogen and oxygen atoms in total. The van der Waals surface area contributed by atoms with E-state index in [0.29, 0.717) is 63.1 Å². The van der Waals surface area contributed by atoms with Crippen molar-refractivity contribution in [2.45, 2.75) is 6.54 Å². The van der Waals surface area contributed by atoms with Gasteiger partial charge in [0.15, 0.2) is 5.75 Å². The van der Waals surface area contributed by atoms with E-state index in [1.807, 2.05) is 4.90 Å². The first-order valence-corrected chi connectivity index (χ1v) is 22.5. The second-order valence-electron chi connectivity index (χ2n) is 11.3. The standard InChI is InChI=1S/C11H15Br3N2O4.C6H3Br3O.2C5H11NO2.C4H11NO2.2C2H4.CH4O2.HI.H2O/c1-15(3-4-17)5-6-7(12)10(16(2,19)20)9(14)11(18)8(6)13;7-3-1-4(8)6(10)5(9)2-3;2*7-3-1-6-2-4-8-5-6;6-3-1-5-2-4-7;2*1-2;2-1-3;;/h17,19-20H,3-5H2,1-2H3;1-2,10H;2*7H,1-5H2;5-7H,1-4H2;2*1-2H2;2-3H,1H2;1H;1H2. The van der Waals surface area contributed by atoms with Crippen LogP contribution in [0.2, 0.25) is 0 Å². The van der Waals surface area contributed by atoms with Crippen LogP contribution in [0.5, 0.6) is 11.5 Å². The maximum absolute atomic E-state index is 10.1. The van der Waals surface area contributed by atoms with Crippen molar-refractivity contribution in [3.05, 3.63) is 70.8 Å². The summed E-state index contributed by atoms with van der Waals surface area (Å²) in [5.74, 6) is 0.103. The zero-order valence-electron chi connectivity index (χ0n) is 34.9. The van der Waals surface area contributed by atoms with Crippen LogP contribution >= 0.6 is 95.6 Å². The fraction of sp³-hybridized carbons (Fsp3) is 0.556. The molecule has 0 saturated carbocycles. The Kier molecular flexibility index (Phi) is 57.2. The quantitative estimate of drug-likeness (QED) is 0.0321. The number of quaternary nitrogens is 1. The minimum atomic E-state index is -1.43. The number of ether oxygens (including phenoxy) is 2. The van der Waals surface area contributed by atoms with Gasteiger partial charge in [0.2, 0.25) is 5.69 Å². The van der Waals surface area contributed by atoms with Crippen molar-refractivity contribution in [1.82, 2.24) is 24.8 Å². The number of aliphatic hydroxyl groups is 7. The molecule has 0 atom stereocenters. The lowest BCUT2D eigenvalue weighted by atomic mass is 10.1. The Labute approximate surface area is 432 Å². The lowest BCUT2D eigenvalue weighted by Gasteiger charge is -2.23. The number of phenols is 2. The first-order valence-electron chi connectivity index (χ1n) is 17.7. The Morgan fingerprint density at radius 3 is 1.40 bits per heavy atom. The number of hydrogen-bond donors (Lipinski definition) is 12. The second kappa shape index (κ2) is 47.9. The summed E-state index contributed by atoms with van der Waals surface area (Å²) < 4.78 is 13.4. The first kappa shape index (κ1) is 74.0. The third-order valence-electron chi connectivity index (χ3n) is 6.74. The van der Waals surface area contributed by atoms with Gasteiger partial charge in [-0.25, -0.2) is 0 Å². The largest absolute Gasteiger partial charge is 1.00 e. The molecule has 14 N–H and O–H groups in total. The number of β-amino-alcohol motifs (C(OH)–C–C–N with tert-alkyl or cyclic N) is 2. The highest BCUT2D eigenvalue weighted by atomic mass is 127. The molecule has 2 aromatic carbocycles. The molecule has 0 amide bonds. The highest BCUT2D eigenvalue weighted by Crippen LogP contribution is 2.48. The number of hydrogen-bond acceptors (Lipinski definition) is 17. The number of likely N-dealkylation sites (N-methyl/N-ethyl adjacent to an activating group) is 1. The highest BCUT2D eigenvalue weighted by molar-refractivity contribution is 9.12. The molecule has 0 bridgehead atoms. The number of aromatic hydroxyl groups is 2. The van der Waals surface area contributed by atoms with E-state index < -0.39 is 11.6 Å². The molecule has 62 heavy (non-hydrogen) atoms. The zero-order chi connectivity index (χ0) is 47.3. The van der Waals surface area contributed by atoms with Crippen LogP contribution < -0.4 is 34.1 Å². The minimum Gasteiger partial charge on any atom is -1.00 e. The van der Waals surface area contributed by atoms with Gasteiger partial charge in [0, 0.05) is 62.4 Å². The van der Waals surface area contributed by atoms with E-state index in [1.54, 1.807) is 19.2 Å². The third-order valence-corrected chi connectivity index (χ3v) is 10.9. The Bertz CT molecular complexity index is 1310. The predicted molar refractivity (Wildman–Crippen MR) is 259 cm³/mol. The number of aliphatic hydroxyl groups excluding tert-OH is 6. The summed E-state index contributed by atoms with van der Waals surface area (Å²) in [5.41, 5.74) is 0.724. The van der Waals surface area contributed by atoms with Gasteiger partial charge in [0.1, 0.15) is 24.1 Å². The summed E-state index contributed by atoms with van der Waals surface area (Å²) in [6.07, 6.45) is 0. The van der Waals surface area contributed by atoms with Gasteiger partial charge in [-0.2, -0.15) is 10.4 Å². The van der Waals surface area contributed by atoms with Crippen LogP contribution in [0.4, 0.5) is 5.69 Å². The van der Waals surface area contributed by atoms with Crippen molar-refractivity contribution < 1.29 is 95.3 Å². The molecule has 0 aromatic heterocycles. The Morgan fingerprint density at radius 2 is 1.10 bits per heavy atom. The van der Waals surface area contributed by atoms with E-state index in [-0.39, 0.29) is 84.1 Å². The lowest BCUT2D eigenvalue weighted by molar-refractivity contribution is -0.273. The van der Waals surface area contributed by atoms with Gasteiger partial charge in [0.25, 0.3) is 0 Å². The number of phenolic OH excluding ortho intramolecular Hbond substituents is 2. The average molecular weight is 1400 g/mol. The van der Waals surface area contributed by atoms with Crippen molar-refractivity contribution in [1.29, 1.82) is 0 Å². The fourth-order valence-electron chi connectivity index (χ4n) is 4.07. The number of nitrogens with one attached hydrogen (secondary N) is 1. The normalized spacial score (nSPS) is 12.7. The van der Waals surface area contributed by atoms with E-state index in [2.05, 4.69) is 137 Å². The molecule has 0 spiro atoms. The van der Waals surface area contributed by atoms with Gasteiger partial charge < -0.3 is 90.2 Å². The second-order valence-corrected chi connectivity index (χ2v) is 16.3. The van der Waals surface area contributed by atoms with Crippen molar-refractivity contribution in [3.8, 4) is 11.5 Å². The van der Waals surface area contributed by atoms with Crippen molar-refractivity contribution in [2.75, 3.05) is 126 Å². The average Bonchev–Trinajstić information content (AvgIpc) is 3.93. The van der Waals surface area contributed by atoms with Crippen LogP contribution in [-0.2, 0) is 16.0 Å². The van der Waals surface area contributed by atoms with Crippen LogP contribution in [0.15, 0.2) is 65.3 Å². The van der Waals surface area contributed by atoms with Gasteiger partial charge in [-0.3, -0.25) is 14.7 Å². The molecule has 0 aliphatic carbocycles. The first-order chi connectivity index (χ1) is 28.4. The Balaban J connectivity index is -0.000000160. The van der Waals surface area contributed by atoms with Gasteiger partial charge in [-0.1, -0.05) is 15.9 Å². The maximum atomic E-state index is 10.1. The van der Waals surface area contributed by atoms with E-state index in [1.165, 1.54) is 0 Å². The fourth-order valence-corrected chi connectivity index (χ4v) is 9.24. The molecule has 26 heteroatoms. The van der Waals surface area contributed by atoms with Gasteiger partial charge in [-0.05, 0) is 104 Å². The molecule has 4 rings (SSSR count). The third kappa shape index (κ3) is 35.6. The Hall–Kier alpha value is 0.450. The number of halogens is 7. The predicted octanol–water partition coefficient (Wildman–Crippen LogP) is 0.309. The SMILES string of the molecule is C=C.C=C.CN(CCO)Cc1c(Br)c(O)c(Br)c([N+](C)(O)O)c1Br.O.OCCN1CCOC1.OCCN1CCOC1.OCCNCCO.OCO.Oc1c(Br)cc(Br)cc1Br.[I-]. The van der Waals surface area contributed by atoms with Crippen LogP contribution in [0, 0.1) is 0 Å². The van der Waals surface area contributed by atoms with Crippen LogP contribution in [0.1, 0.15) is 5.56 Å². The summed E-state index contributed by atoms with van der Waals surface area (Å²) in [6.45, 7) is 20.5. The maximum Gasteiger partial charge on any atom is 0.231 e. The smallest absolute Gasteiger partial charge is 0.231 e. The number of benzene rings is 2. The van der Waals surface area contributed by atoms with Crippen LogP contribution in [0.3, 0.4) is 0 Å². The molecule has 2 aromatic rings. The summed E-state index contributed by atoms with van der Waals surface area (Å²) in [4.78, 5) is 4.54. The van der Waals surface area contributed by atoms with E-state index in [0.717, 1.165) is 50.9 Å². The molecule has 0 radical (unpaired) electrons. The molecule has 2 fully saturated rings. The number of rotatable bonds is 13. The van der Waals surface area contributed by atoms with Crippen molar-refractivity contribution in [2.24, 2.45) is 0 Å². The topological polar surface area (TPSA) is 294 Å². The molecule has 2 aliphatic rings. The lowest BCUT2D eigenvalue weighted by Crippen LogP contribution is -3.00. The zero-order valence-corrected chi connectivity index (χ0v) is 46.6. The van der Waals surface area contributed by atoms with E-state index in [4.69, 9.17) is 45.2 Å².